The first kappa shape index (κ1) is 31.6. The van der Waals surface area contributed by atoms with Crippen LogP contribution in [0.15, 0.2) is 24.5 Å². The summed E-state index contributed by atoms with van der Waals surface area (Å²) in [4.78, 5) is 12.3. The van der Waals surface area contributed by atoms with Gasteiger partial charge in [-0.05, 0) is 12.8 Å². The smallest absolute Gasteiger partial charge is 0.338 e. The van der Waals surface area contributed by atoms with Crippen molar-refractivity contribution < 1.29 is 14.1 Å². The van der Waals surface area contributed by atoms with E-state index in [1.54, 1.807) is 0 Å². The number of rotatable bonds is 25. The van der Waals surface area contributed by atoms with Gasteiger partial charge in [0.15, 0.2) is 12.4 Å². The predicted octanol–water partition coefficient (Wildman–Crippen LogP) is 9.75. The van der Waals surface area contributed by atoms with E-state index in [9.17, 15) is 4.79 Å². The molecule has 1 rings (SSSR count). The molecule has 1 aromatic heterocycles. The number of hydrogen-bond acceptors (Lipinski definition) is 2. The Labute approximate surface area is 218 Å². The van der Waals surface area contributed by atoms with E-state index >= 15 is 0 Å². The molecule has 35 heavy (non-hydrogen) atoms. The number of carbonyl (C=O) groups is 1. The van der Waals surface area contributed by atoms with E-state index < -0.39 is 0 Å². The minimum Gasteiger partial charge on any atom is -0.462 e. The first-order valence-corrected chi connectivity index (χ1v) is 15.4. The molecule has 0 aromatic carbocycles. The number of carbonyl (C=O) groups excluding carboxylic acids is 1. The van der Waals surface area contributed by atoms with Crippen LogP contribution in [0.1, 0.15) is 165 Å². The third-order valence-electron chi connectivity index (χ3n) is 7.13. The molecular formula is C32H58NO2+. The Bertz CT molecular complexity index is 584. The number of ether oxygens (including phenoxy) is 1. The number of aryl methyl sites for hydroxylation is 1. The van der Waals surface area contributed by atoms with Gasteiger partial charge in [-0.2, -0.15) is 0 Å². The molecule has 0 radical (unpaired) electrons. The van der Waals surface area contributed by atoms with Crippen molar-refractivity contribution in [3.63, 3.8) is 0 Å². The zero-order valence-electron chi connectivity index (χ0n) is 23.5. The normalized spacial score (nSPS) is 11.1. The maximum atomic E-state index is 12.3. The van der Waals surface area contributed by atoms with Gasteiger partial charge in [0, 0.05) is 18.6 Å². The Morgan fingerprint density at radius 1 is 0.571 bits per heavy atom. The van der Waals surface area contributed by atoms with E-state index in [4.69, 9.17) is 4.74 Å². The van der Waals surface area contributed by atoms with Gasteiger partial charge in [-0.1, -0.05) is 136 Å². The molecular weight excluding hydrogens is 430 g/mol. The third-order valence-corrected chi connectivity index (χ3v) is 7.13. The standard InChI is InChI=1S/C32H58NO2/c1-3-5-7-9-11-13-15-16-18-20-22-24-30-35-32(34)31-25-28-33(29-26-31)27-23-21-19-17-14-12-10-8-6-4-2/h25-26,28-29H,3-24,27,30H2,1-2H3/q+1. The molecule has 0 saturated carbocycles. The lowest BCUT2D eigenvalue weighted by Gasteiger charge is -2.05. The summed E-state index contributed by atoms with van der Waals surface area (Å²) in [6.07, 6.45) is 33.5. The number of aromatic nitrogens is 1. The summed E-state index contributed by atoms with van der Waals surface area (Å²) >= 11 is 0. The Kier molecular flexibility index (Phi) is 22.0. The van der Waals surface area contributed by atoms with E-state index in [-0.39, 0.29) is 5.97 Å². The lowest BCUT2D eigenvalue weighted by molar-refractivity contribution is -0.697. The first-order chi connectivity index (χ1) is 17.3. The summed E-state index contributed by atoms with van der Waals surface area (Å²) in [5, 5.41) is 0. The minimum atomic E-state index is -0.181. The van der Waals surface area contributed by atoms with Crippen LogP contribution >= 0.6 is 0 Å². The molecule has 0 saturated heterocycles. The molecule has 0 aliphatic heterocycles. The van der Waals surface area contributed by atoms with Gasteiger partial charge >= 0.3 is 5.97 Å². The molecule has 0 bridgehead atoms. The lowest BCUT2D eigenvalue weighted by Crippen LogP contribution is -2.32. The van der Waals surface area contributed by atoms with Crippen molar-refractivity contribution in [2.45, 2.75) is 162 Å². The number of nitrogens with zero attached hydrogens (tertiary/aromatic N) is 1. The highest BCUT2D eigenvalue weighted by molar-refractivity contribution is 5.88. The monoisotopic (exact) mass is 488 g/mol. The maximum absolute atomic E-state index is 12.3. The van der Waals surface area contributed by atoms with E-state index in [1.165, 1.54) is 128 Å². The number of esters is 1. The molecule has 3 heteroatoms. The Balaban J connectivity index is 1.95. The van der Waals surface area contributed by atoms with Crippen molar-refractivity contribution >= 4 is 5.97 Å². The summed E-state index contributed by atoms with van der Waals surface area (Å²) in [7, 11) is 0. The van der Waals surface area contributed by atoms with Crippen molar-refractivity contribution in [2.24, 2.45) is 0 Å². The molecule has 1 aromatic rings. The fraction of sp³-hybridized carbons (Fsp3) is 0.812. The van der Waals surface area contributed by atoms with E-state index in [2.05, 4.69) is 18.4 Å². The van der Waals surface area contributed by atoms with E-state index in [0.717, 1.165) is 19.4 Å². The van der Waals surface area contributed by atoms with Gasteiger partial charge in [0.2, 0.25) is 0 Å². The summed E-state index contributed by atoms with van der Waals surface area (Å²) < 4.78 is 7.67. The average Bonchev–Trinajstić information content (AvgIpc) is 2.88. The lowest BCUT2D eigenvalue weighted by atomic mass is 10.1. The van der Waals surface area contributed by atoms with Gasteiger partial charge in [-0.25, -0.2) is 9.36 Å². The third kappa shape index (κ3) is 19.5. The maximum Gasteiger partial charge on any atom is 0.338 e. The highest BCUT2D eigenvalue weighted by Gasteiger charge is 2.09. The summed E-state index contributed by atoms with van der Waals surface area (Å²) in [6, 6.07) is 3.81. The SMILES string of the molecule is CCCCCCCCCCCCCCOC(=O)c1cc[n+](CCCCCCCCCCCC)cc1. The van der Waals surface area contributed by atoms with Crippen LogP contribution in [0.2, 0.25) is 0 Å². The van der Waals surface area contributed by atoms with Crippen LogP contribution in [0.5, 0.6) is 0 Å². The summed E-state index contributed by atoms with van der Waals surface area (Å²) in [5.74, 6) is -0.181. The van der Waals surface area contributed by atoms with Gasteiger partial charge in [0.1, 0.15) is 6.54 Å². The van der Waals surface area contributed by atoms with Gasteiger partial charge in [0.05, 0.1) is 12.2 Å². The molecule has 0 N–H and O–H groups in total. The fourth-order valence-corrected chi connectivity index (χ4v) is 4.72. The largest absolute Gasteiger partial charge is 0.462 e. The second-order valence-corrected chi connectivity index (χ2v) is 10.5. The Hall–Kier alpha value is -1.38. The second-order valence-electron chi connectivity index (χ2n) is 10.5. The molecule has 3 nitrogen and oxygen atoms in total. The predicted molar refractivity (Wildman–Crippen MR) is 150 cm³/mol. The number of hydrogen-bond donors (Lipinski definition) is 0. The van der Waals surface area contributed by atoms with Crippen LogP contribution in [0.25, 0.3) is 0 Å². The van der Waals surface area contributed by atoms with Crippen molar-refractivity contribution in [1.29, 1.82) is 0 Å². The van der Waals surface area contributed by atoms with E-state index in [1.807, 2.05) is 24.5 Å². The quantitative estimate of drug-likeness (QED) is 0.0778. The molecule has 0 amide bonds. The number of pyridine rings is 1. The van der Waals surface area contributed by atoms with Gasteiger partial charge in [0.25, 0.3) is 0 Å². The molecule has 0 atom stereocenters. The summed E-state index contributed by atoms with van der Waals surface area (Å²) in [6.45, 7) is 6.13. The van der Waals surface area contributed by atoms with Crippen LogP contribution in [0, 0.1) is 0 Å². The van der Waals surface area contributed by atoms with Gasteiger partial charge in [-0.15, -0.1) is 0 Å². The molecule has 1 heterocycles. The average molecular weight is 489 g/mol. The molecule has 202 valence electrons. The highest BCUT2D eigenvalue weighted by Crippen LogP contribution is 2.13. The van der Waals surface area contributed by atoms with Crippen molar-refractivity contribution in [1.82, 2.24) is 0 Å². The topological polar surface area (TPSA) is 30.2 Å². The fourth-order valence-electron chi connectivity index (χ4n) is 4.72. The highest BCUT2D eigenvalue weighted by atomic mass is 16.5. The first-order valence-electron chi connectivity index (χ1n) is 15.4. The molecule has 0 aliphatic carbocycles. The van der Waals surface area contributed by atoms with Crippen LogP contribution in [0.3, 0.4) is 0 Å². The van der Waals surface area contributed by atoms with Gasteiger partial charge < -0.3 is 4.74 Å². The molecule has 0 aliphatic rings. The molecule has 0 spiro atoms. The molecule has 0 fully saturated rings. The van der Waals surface area contributed by atoms with Crippen molar-refractivity contribution in [3.8, 4) is 0 Å². The summed E-state index contributed by atoms with van der Waals surface area (Å²) in [5.41, 5.74) is 0.670. The zero-order chi connectivity index (χ0) is 25.2. The number of unbranched alkanes of at least 4 members (excludes halogenated alkanes) is 20. The van der Waals surface area contributed by atoms with Crippen LogP contribution in [-0.2, 0) is 11.3 Å². The van der Waals surface area contributed by atoms with Crippen molar-refractivity contribution in [3.05, 3.63) is 30.1 Å². The van der Waals surface area contributed by atoms with Crippen molar-refractivity contribution in [2.75, 3.05) is 6.61 Å². The van der Waals surface area contributed by atoms with E-state index in [0.29, 0.717) is 12.2 Å². The van der Waals surface area contributed by atoms with Gasteiger partial charge in [-0.3, -0.25) is 0 Å². The zero-order valence-corrected chi connectivity index (χ0v) is 23.5. The Morgan fingerprint density at radius 3 is 1.37 bits per heavy atom. The van der Waals surface area contributed by atoms with Crippen LogP contribution in [-0.4, -0.2) is 12.6 Å². The van der Waals surface area contributed by atoms with Crippen LogP contribution in [0.4, 0.5) is 0 Å². The molecule has 0 unspecified atom stereocenters. The van der Waals surface area contributed by atoms with Crippen LogP contribution < -0.4 is 4.57 Å². The Morgan fingerprint density at radius 2 is 0.943 bits per heavy atom. The minimum absolute atomic E-state index is 0.181. The second kappa shape index (κ2) is 24.3.